The maximum atomic E-state index is 14.2. The zero-order valence-electron chi connectivity index (χ0n) is 21.3. The molecule has 0 saturated heterocycles. The van der Waals surface area contributed by atoms with E-state index in [1.54, 1.807) is 0 Å². The number of carbonyl (C=O) groups excluding carboxylic acids is 1. The number of aromatic amines is 1. The van der Waals surface area contributed by atoms with Crippen molar-refractivity contribution in [1.29, 1.82) is 0 Å². The molecule has 0 unspecified atom stereocenters. The average Bonchev–Trinajstić information content (AvgIpc) is 3.46. The summed E-state index contributed by atoms with van der Waals surface area (Å²) in [6.45, 7) is 1.26. The van der Waals surface area contributed by atoms with Crippen LogP contribution in [0.5, 0.6) is 0 Å². The van der Waals surface area contributed by atoms with E-state index in [0.29, 0.717) is 25.4 Å². The summed E-state index contributed by atoms with van der Waals surface area (Å²) in [5, 5.41) is 0. The molecule has 5 nitrogen and oxygen atoms in total. The molecular weight excluding hydrogens is 456 g/mol. The Morgan fingerprint density at radius 1 is 0.865 bits per heavy atom. The third-order valence-electron chi connectivity index (χ3n) is 7.64. The monoisotopic (exact) mass is 492 g/mol. The Kier molecular flexibility index (Phi) is 8.11. The summed E-state index contributed by atoms with van der Waals surface area (Å²) in [5.41, 5.74) is 10.2. The standard InChI is InChI=1S/C32H36N4O/c33-21-25-16-18-28(19-17-25)32(37)36(23-26-12-6-2-7-13-26)30(20-24-10-4-1-5-11-24)31-34-22-29(35-31)27-14-8-3-9-15-27/h1-15,22,25,28,30H,16-21,23,33H2,(H,34,35)/t25-,28-,30-/m0/s1. The van der Waals surface area contributed by atoms with Gasteiger partial charge in [-0.25, -0.2) is 4.98 Å². The lowest BCUT2D eigenvalue weighted by atomic mass is 9.81. The van der Waals surface area contributed by atoms with E-state index in [9.17, 15) is 4.79 Å². The first-order valence-corrected chi connectivity index (χ1v) is 13.4. The lowest BCUT2D eigenvalue weighted by Gasteiger charge is -2.36. The molecule has 3 N–H and O–H groups in total. The van der Waals surface area contributed by atoms with E-state index in [4.69, 9.17) is 10.7 Å². The summed E-state index contributed by atoms with van der Waals surface area (Å²) < 4.78 is 0. The maximum Gasteiger partial charge on any atom is 0.226 e. The summed E-state index contributed by atoms with van der Waals surface area (Å²) >= 11 is 0. The largest absolute Gasteiger partial charge is 0.346 e. The quantitative estimate of drug-likeness (QED) is 0.294. The zero-order chi connectivity index (χ0) is 25.5. The van der Waals surface area contributed by atoms with Crippen molar-refractivity contribution in [3.63, 3.8) is 0 Å². The molecule has 0 bridgehead atoms. The lowest BCUT2D eigenvalue weighted by molar-refractivity contribution is -0.140. The van der Waals surface area contributed by atoms with Gasteiger partial charge in [0.1, 0.15) is 5.82 Å². The van der Waals surface area contributed by atoms with Gasteiger partial charge in [-0.05, 0) is 49.3 Å². The van der Waals surface area contributed by atoms with Crippen molar-refractivity contribution in [2.75, 3.05) is 6.54 Å². The maximum absolute atomic E-state index is 14.2. The highest BCUT2D eigenvalue weighted by Crippen LogP contribution is 2.34. The Morgan fingerprint density at radius 2 is 1.46 bits per heavy atom. The van der Waals surface area contributed by atoms with Crippen LogP contribution in [0, 0.1) is 11.8 Å². The minimum absolute atomic E-state index is 0.0216. The van der Waals surface area contributed by atoms with Crippen molar-refractivity contribution in [1.82, 2.24) is 14.9 Å². The molecule has 0 aliphatic heterocycles. The minimum Gasteiger partial charge on any atom is -0.346 e. The Labute approximate surface area is 219 Å². The highest BCUT2D eigenvalue weighted by molar-refractivity contribution is 5.79. The van der Waals surface area contributed by atoms with Gasteiger partial charge in [0.05, 0.1) is 11.7 Å². The molecule has 3 aromatic carbocycles. The number of rotatable bonds is 9. The number of nitrogens with one attached hydrogen (secondary N) is 1. The molecular formula is C32H36N4O. The molecule has 1 atom stereocenters. The van der Waals surface area contributed by atoms with Crippen LogP contribution in [0.4, 0.5) is 0 Å². The number of aromatic nitrogens is 2. The number of hydrogen-bond donors (Lipinski definition) is 2. The topological polar surface area (TPSA) is 75.0 Å². The van der Waals surface area contributed by atoms with Crippen LogP contribution < -0.4 is 5.73 Å². The molecule has 1 aliphatic rings. The summed E-state index contributed by atoms with van der Waals surface area (Å²) in [4.78, 5) is 24.8. The van der Waals surface area contributed by atoms with Gasteiger partial charge in [-0.2, -0.15) is 0 Å². The summed E-state index contributed by atoms with van der Waals surface area (Å²) in [7, 11) is 0. The smallest absolute Gasteiger partial charge is 0.226 e. The van der Waals surface area contributed by atoms with E-state index in [-0.39, 0.29) is 17.9 Å². The Bertz CT molecular complexity index is 1250. The molecule has 4 aromatic rings. The molecule has 1 amide bonds. The SMILES string of the molecule is NC[C@H]1CC[C@H](C(=O)N(Cc2ccccc2)[C@@H](Cc2ccccc2)c2nc(-c3ccccc3)c[nH]2)CC1. The van der Waals surface area contributed by atoms with Crippen molar-refractivity contribution in [2.45, 2.75) is 44.7 Å². The second-order valence-electron chi connectivity index (χ2n) is 10.1. The predicted molar refractivity (Wildman–Crippen MR) is 148 cm³/mol. The first kappa shape index (κ1) is 25.0. The van der Waals surface area contributed by atoms with Crippen LogP contribution in [0.3, 0.4) is 0 Å². The normalized spacial score (nSPS) is 18.3. The van der Waals surface area contributed by atoms with Gasteiger partial charge in [-0.15, -0.1) is 0 Å². The van der Waals surface area contributed by atoms with Gasteiger partial charge < -0.3 is 15.6 Å². The molecule has 0 radical (unpaired) electrons. The summed E-state index contributed by atoms with van der Waals surface area (Å²) in [6, 6.07) is 30.7. The van der Waals surface area contributed by atoms with Gasteiger partial charge in [-0.1, -0.05) is 91.0 Å². The Hall–Kier alpha value is -3.70. The molecule has 1 saturated carbocycles. The molecule has 190 valence electrons. The Balaban J connectivity index is 1.51. The van der Waals surface area contributed by atoms with Gasteiger partial charge in [-0.3, -0.25) is 4.79 Å². The highest BCUT2D eigenvalue weighted by Gasteiger charge is 2.34. The van der Waals surface area contributed by atoms with Gasteiger partial charge in [0.2, 0.25) is 5.91 Å². The van der Waals surface area contributed by atoms with Gasteiger partial charge in [0, 0.05) is 30.6 Å². The van der Waals surface area contributed by atoms with E-state index in [0.717, 1.165) is 48.3 Å². The number of nitrogens with zero attached hydrogens (tertiary/aromatic N) is 2. The van der Waals surface area contributed by atoms with E-state index < -0.39 is 0 Å². The third-order valence-corrected chi connectivity index (χ3v) is 7.64. The number of nitrogens with two attached hydrogens (primary N) is 1. The molecule has 1 aliphatic carbocycles. The van der Waals surface area contributed by atoms with Crippen LogP contribution >= 0.6 is 0 Å². The number of carbonyl (C=O) groups is 1. The molecule has 0 spiro atoms. The third kappa shape index (κ3) is 6.17. The number of hydrogen-bond acceptors (Lipinski definition) is 3. The van der Waals surface area contributed by atoms with Crippen LogP contribution in [0.15, 0.2) is 97.2 Å². The van der Waals surface area contributed by atoms with Crippen molar-refractivity contribution in [3.05, 3.63) is 114 Å². The first-order chi connectivity index (χ1) is 18.2. The minimum atomic E-state index is -0.209. The average molecular weight is 493 g/mol. The molecule has 1 heterocycles. The predicted octanol–water partition coefficient (Wildman–Crippen LogP) is 6.15. The van der Waals surface area contributed by atoms with Gasteiger partial charge in [0.25, 0.3) is 0 Å². The molecule has 1 aromatic heterocycles. The lowest BCUT2D eigenvalue weighted by Crippen LogP contribution is -2.41. The summed E-state index contributed by atoms with van der Waals surface area (Å²) in [6.07, 6.45) is 6.50. The van der Waals surface area contributed by atoms with Gasteiger partial charge in [0.15, 0.2) is 0 Å². The van der Waals surface area contributed by atoms with E-state index >= 15 is 0 Å². The molecule has 37 heavy (non-hydrogen) atoms. The fourth-order valence-electron chi connectivity index (χ4n) is 5.46. The van der Waals surface area contributed by atoms with Crippen molar-refractivity contribution in [2.24, 2.45) is 17.6 Å². The highest BCUT2D eigenvalue weighted by atomic mass is 16.2. The second kappa shape index (κ2) is 12.0. The van der Waals surface area contributed by atoms with Crippen LogP contribution in [-0.4, -0.2) is 27.3 Å². The van der Waals surface area contributed by atoms with Crippen molar-refractivity contribution < 1.29 is 4.79 Å². The summed E-state index contributed by atoms with van der Waals surface area (Å²) in [5.74, 6) is 1.60. The molecule has 5 heteroatoms. The number of benzene rings is 3. The van der Waals surface area contributed by atoms with E-state index in [1.807, 2.05) is 48.7 Å². The fourth-order valence-corrected chi connectivity index (χ4v) is 5.46. The molecule has 1 fully saturated rings. The van der Waals surface area contributed by atoms with Crippen molar-refractivity contribution in [3.8, 4) is 11.3 Å². The van der Waals surface area contributed by atoms with Gasteiger partial charge >= 0.3 is 0 Å². The van der Waals surface area contributed by atoms with Crippen molar-refractivity contribution >= 4 is 5.91 Å². The van der Waals surface area contributed by atoms with Crippen LogP contribution in [0.25, 0.3) is 11.3 Å². The first-order valence-electron chi connectivity index (χ1n) is 13.4. The number of H-pyrrole nitrogens is 1. The second-order valence-corrected chi connectivity index (χ2v) is 10.1. The van der Waals surface area contributed by atoms with Crippen LogP contribution in [0.1, 0.15) is 48.7 Å². The van der Waals surface area contributed by atoms with E-state index in [2.05, 4.69) is 58.4 Å². The van der Waals surface area contributed by atoms with E-state index in [1.165, 1.54) is 5.56 Å². The van der Waals surface area contributed by atoms with Crippen LogP contribution in [0.2, 0.25) is 0 Å². The fraction of sp³-hybridized carbons (Fsp3) is 0.312. The zero-order valence-corrected chi connectivity index (χ0v) is 21.3. The number of imidazole rings is 1. The Morgan fingerprint density at radius 3 is 2.08 bits per heavy atom. The molecule has 5 rings (SSSR count). The number of amides is 1. The van der Waals surface area contributed by atoms with Crippen LogP contribution in [-0.2, 0) is 17.8 Å².